The third-order valence-corrected chi connectivity index (χ3v) is 5.38. The molecule has 1 fully saturated rings. The number of halogens is 1. The summed E-state index contributed by atoms with van der Waals surface area (Å²) >= 11 is 3.23. The van der Waals surface area contributed by atoms with E-state index in [2.05, 4.69) is 22.6 Å². The molecule has 0 bridgehead atoms. The summed E-state index contributed by atoms with van der Waals surface area (Å²) in [6, 6.07) is 15.6. The van der Waals surface area contributed by atoms with Gasteiger partial charge in [-0.3, -0.25) is 14.5 Å². The molecule has 2 aromatic carbocycles. The second-order valence-electron chi connectivity index (χ2n) is 5.28. The third kappa shape index (κ3) is 3.67. The fourth-order valence-electron chi connectivity index (χ4n) is 2.36. The summed E-state index contributed by atoms with van der Waals surface area (Å²) in [6.45, 7) is 2.31. The highest BCUT2D eigenvalue weighted by atomic mass is 127. The van der Waals surface area contributed by atoms with Crippen LogP contribution >= 0.6 is 34.4 Å². The summed E-state index contributed by atoms with van der Waals surface area (Å²) in [6.07, 6.45) is 1.79. The predicted molar refractivity (Wildman–Crippen MR) is 102 cm³/mol. The van der Waals surface area contributed by atoms with Crippen molar-refractivity contribution in [1.82, 2.24) is 4.90 Å². The molecule has 0 N–H and O–H groups in total. The molecule has 0 radical (unpaired) electrons. The largest absolute Gasteiger partial charge is 0.293 e. The normalized spacial score (nSPS) is 16.4. The minimum atomic E-state index is -0.221. The van der Waals surface area contributed by atoms with Crippen molar-refractivity contribution in [2.24, 2.45) is 0 Å². The van der Waals surface area contributed by atoms with E-state index in [-0.39, 0.29) is 11.1 Å². The SMILES string of the molecule is Cc1cccc(CN2C(=O)S/C(=C\c3ccccc3I)C2=O)c1. The Hall–Kier alpha value is -1.60. The standard InChI is InChI=1S/C18H14INO2S/c1-12-5-4-6-13(9-12)11-20-17(21)16(23-18(20)22)10-14-7-2-3-8-15(14)19/h2-10H,11H2,1H3/b16-10-. The smallest absolute Gasteiger partial charge is 0.268 e. The van der Waals surface area contributed by atoms with Gasteiger partial charge < -0.3 is 0 Å². The number of hydrogen-bond donors (Lipinski definition) is 0. The minimum absolute atomic E-state index is 0.214. The molecule has 1 aliphatic rings. The Morgan fingerprint density at radius 2 is 1.91 bits per heavy atom. The van der Waals surface area contributed by atoms with E-state index in [1.54, 1.807) is 6.08 Å². The zero-order chi connectivity index (χ0) is 16.4. The van der Waals surface area contributed by atoms with Gasteiger partial charge >= 0.3 is 0 Å². The van der Waals surface area contributed by atoms with Gasteiger partial charge in [0.2, 0.25) is 0 Å². The van der Waals surface area contributed by atoms with E-state index in [0.717, 1.165) is 32.0 Å². The first-order valence-electron chi connectivity index (χ1n) is 7.10. The number of rotatable bonds is 3. The molecule has 23 heavy (non-hydrogen) atoms. The predicted octanol–water partition coefficient (Wildman–Crippen LogP) is 4.84. The Labute approximate surface area is 152 Å². The second-order valence-corrected chi connectivity index (χ2v) is 7.43. The van der Waals surface area contributed by atoms with Crippen LogP contribution in [0.25, 0.3) is 6.08 Å². The number of aryl methyl sites for hydroxylation is 1. The van der Waals surface area contributed by atoms with Crippen molar-refractivity contribution in [3.63, 3.8) is 0 Å². The van der Waals surface area contributed by atoms with Crippen molar-refractivity contribution >= 4 is 51.6 Å². The van der Waals surface area contributed by atoms with Crippen molar-refractivity contribution in [3.8, 4) is 0 Å². The molecule has 2 amide bonds. The number of benzene rings is 2. The van der Waals surface area contributed by atoms with Gasteiger partial charge in [-0.05, 0) is 64.5 Å². The minimum Gasteiger partial charge on any atom is -0.268 e. The lowest BCUT2D eigenvalue weighted by Crippen LogP contribution is -2.27. The van der Waals surface area contributed by atoms with Crippen LogP contribution in [-0.4, -0.2) is 16.0 Å². The highest BCUT2D eigenvalue weighted by Crippen LogP contribution is 2.33. The van der Waals surface area contributed by atoms with Gasteiger partial charge in [0.1, 0.15) is 0 Å². The summed E-state index contributed by atoms with van der Waals surface area (Å²) in [7, 11) is 0. The Balaban J connectivity index is 1.84. The lowest BCUT2D eigenvalue weighted by molar-refractivity contribution is -0.123. The number of carbonyl (C=O) groups is 2. The van der Waals surface area contributed by atoms with Crippen LogP contribution in [0, 0.1) is 10.5 Å². The van der Waals surface area contributed by atoms with Gasteiger partial charge in [-0.1, -0.05) is 48.0 Å². The third-order valence-electron chi connectivity index (χ3n) is 3.49. The molecule has 0 atom stereocenters. The maximum atomic E-state index is 12.5. The van der Waals surface area contributed by atoms with Crippen LogP contribution < -0.4 is 0 Å². The Morgan fingerprint density at radius 3 is 2.65 bits per heavy atom. The summed E-state index contributed by atoms with van der Waals surface area (Å²) in [4.78, 5) is 26.5. The number of amides is 2. The monoisotopic (exact) mass is 435 g/mol. The molecule has 116 valence electrons. The number of carbonyl (C=O) groups excluding carboxylic acids is 2. The molecule has 0 unspecified atom stereocenters. The van der Waals surface area contributed by atoms with Gasteiger partial charge in [0.05, 0.1) is 11.4 Å². The fraction of sp³-hybridized carbons (Fsp3) is 0.111. The molecule has 0 aromatic heterocycles. The van der Waals surface area contributed by atoms with Crippen molar-refractivity contribution in [3.05, 3.63) is 73.7 Å². The molecule has 1 aliphatic heterocycles. The molecule has 0 aliphatic carbocycles. The summed E-state index contributed by atoms with van der Waals surface area (Å²) in [5.41, 5.74) is 3.03. The van der Waals surface area contributed by atoms with Crippen LogP contribution in [0.2, 0.25) is 0 Å². The quantitative estimate of drug-likeness (QED) is 0.512. The fourth-order valence-corrected chi connectivity index (χ4v) is 3.74. The van der Waals surface area contributed by atoms with Crippen LogP contribution in [-0.2, 0) is 11.3 Å². The van der Waals surface area contributed by atoms with E-state index in [4.69, 9.17) is 0 Å². The van der Waals surface area contributed by atoms with Gasteiger partial charge in [-0.2, -0.15) is 0 Å². The molecule has 3 rings (SSSR count). The molecule has 3 nitrogen and oxygen atoms in total. The number of thioether (sulfide) groups is 1. The molecular weight excluding hydrogens is 421 g/mol. The molecule has 5 heteroatoms. The van der Waals surface area contributed by atoms with E-state index in [1.165, 1.54) is 4.90 Å². The number of imide groups is 1. The lowest BCUT2D eigenvalue weighted by Gasteiger charge is -2.12. The van der Waals surface area contributed by atoms with Crippen LogP contribution in [0.4, 0.5) is 4.79 Å². The van der Waals surface area contributed by atoms with E-state index in [0.29, 0.717) is 11.4 Å². The first-order valence-corrected chi connectivity index (χ1v) is 8.99. The first kappa shape index (κ1) is 16.3. The van der Waals surface area contributed by atoms with Crippen molar-refractivity contribution < 1.29 is 9.59 Å². The average molecular weight is 435 g/mol. The van der Waals surface area contributed by atoms with E-state index < -0.39 is 0 Å². The van der Waals surface area contributed by atoms with Crippen molar-refractivity contribution in [1.29, 1.82) is 0 Å². The maximum Gasteiger partial charge on any atom is 0.293 e. The van der Waals surface area contributed by atoms with Gasteiger partial charge in [-0.15, -0.1) is 0 Å². The van der Waals surface area contributed by atoms with Gasteiger partial charge in [0.25, 0.3) is 11.1 Å². The van der Waals surface area contributed by atoms with E-state index >= 15 is 0 Å². The zero-order valence-electron chi connectivity index (χ0n) is 12.5. The lowest BCUT2D eigenvalue weighted by atomic mass is 10.1. The topological polar surface area (TPSA) is 37.4 Å². The molecule has 1 heterocycles. The Bertz CT molecular complexity index is 816. The zero-order valence-corrected chi connectivity index (χ0v) is 15.4. The van der Waals surface area contributed by atoms with E-state index in [9.17, 15) is 9.59 Å². The highest BCUT2D eigenvalue weighted by molar-refractivity contribution is 14.1. The van der Waals surface area contributed by atoms with Crippen LogP contribution in [0.15, 0.2) is 53.4 Å². The average Bonchev–Trinajstić information content (AvgIpc) is 2.77. The molecule has 2 aromatic rings. The van der Waals surface area contributed by atoms with E-state index in [1.807, 2.05) is 55.5 Å². The van der Waals surface area contributed by atoms with Gasteiger partial charge in [0.15, 0.2) is 0 Å². The number of hydrogen-bond acceptors (Lipinski definition) is 3. The molecule has 0 spiro atoms. The van der Waals surface area contributed by atoms with Crippen LogP contribution in [0.5, 0.6) is 0 Å². The van der Waals surface area contributed by atoms with Gasteiger partial charge in [0, 0.05) is 3.57 Å². The van der Waals surface area contributed by atoms with Crippen molar-refractivity contribution in [2.45, 2.75) is 13.5 Å². The summed E-state index contributed by atoms with van der Waals surface area (Å²) in [5.74, 6) is -0.221. The Kier molecular flexibility index (Phi) is 4.87. The first-order chi connectivity index (χ1) is 11.0. The highest BCUT2D eigenvalue weighted by Gasteiger charge is 2.35. The van der Waals surface area contributed by atoms with Crippen LogP contribution in [0.3, 0.4) is 0 Å². The summed E-state index contributed by atoms with van der Waals surface area (Å²) in [5, 5.41) is -0.214. The van der Waals surface area contributed by atoms with Gasteiger partial charge in [-0.25, -0.2) is 0 Å². The summed E-state index contributed by atoms with van der Waals surface area (Å²) < 4.78 is 1.05. The number of nitrogens with zero attached hydrogens (tertiary/aromatic N) is 1. The molecular formula is C18H14INO2S. The van der Waals surface area contributed by atoms with Crippen LogP contribution in [0.1, 0.15) is 16.7 Å². The molecule has 1 saturated heterocycles. The molecule has 0 saturated carbocycles. The second kappa shape index (κ2) is 6.88. The van der Waals surface area contributed by atoms with Crippen molar-refractivity contribution in [2.75, 3.05) is 0 Å². The Morgan fingerprint density at radius 1 is 1.13 bits per heavy atom. The maximum absolute atomic E-state index is 12.5.